The van der Waals surface area contributed by atoms with Crippen LogP contribution in [0.5, 0.6) is 0 Å². The molecule has 0 aromatic heterocycles. The number of halogens is 2. The van der Waals surface area contributed by atoms with Crippen LogP contribution in [-0.2, 0) is 26.2 Å². The number of fused-ring (bicyclic) bond motifs is 8. The maximum Gasteiger partial charge on any atom is 3.00 e. The van der Waals surface area contributed by atoms with E-state index in [0.717, 1.165) is 12.3 Å². The van der Waals surface area contributed by atoms with Crippen LogP contribution in [0.1, 0.15) is 108 Å². The summed E-state index contributed by atoms with van der Waals surface area (Å²) in [4.78, 5) is 0. The molecule has 7 aliphatic rings. The molecule has 0 N–H and O–H groups in total. The summed E-state index contributed by atoms with van der Waals surface area (Å²) >= 11 is 0. The van der Waals surface area contributed by atoms with Gasteiger partial charge in [0.15, 0.2) is 0 Å². The van der Waals surface area contributed by atoms with E-state index in [2.05, 4.69) is 142 Å². The average Bonchev–Trinajstić information content (AvgIpc) is 3.54. The van der Waals surface area contributed by atoms with E-state index >= 15 is 0 Å². The van der Waals surface area contributed by atoms with Crippen LogP contribution in [-0.4, -0.2) is 0 Å². The normalized spacial score (nSPS) is 43.4. The molecule has 3 fully saturated rings. The molecule has 245 valence electrons. The van der Waals surface area contributed by atoms with Crippen molar-refractivity contribution in [2.75, 3.05) is 0 Å². The first-order chi connectivity index (χ1) is 20.2. The Labute approximate surface area is 312 Å². The molecule has 0 aliphatic heterocycles. The molecule has 3 heteroatoms. The summed E-state index contributed by atoms with van der Waals surface area (Å²) < 4.78 is 0. The van der Waals surface area contributed by atoms with Gasteiger partial charge in [-0.15, -0.1) is 5.57 Å². The fraction of sp³-hybridized carbons (Fsp3) is 0.558. The predicted octanol–water partition coefficient (Wildman–Crippen LogP) is 5.95. The monoisotopic (exact) mass is 731 g/mol. The molecular formula is C43H55Cl2Zr. The van der Waals surface area contributed by atoms with Gasteiger partial charge in [0.2, 0.25) is 0 Å². The first-order valence-corrected chi connectivity index (χ1v) is 17.3. The Kier molecular flexibility index (Phi) is 9.70. The standard InChI is InChI=1S/C43H55.2ClH.Zr/c1-29(2)35-27-34-28-41(8)39(6)24-15-14-22-37(39,4)38(5)23-16-17-25-40(38,7)43(41,10)42(34,9)30(3)36(35)33-21-20-32(26-33)31-18-12-11-13-19-31;;;/h14-17,20,22-28,31H,11-13,18-19,21H2,1-10H3;2*1H;/q-1;;;+3/p-2. The first kappa shape index (κ1) is 37.8. The van der Waals surface area contributed by atoms with Crippen LogP contribution < -0.4 is 24.8 Å². The van der Waals surface area contributed by atoms with Crippen molar-refractivity contribution in [3.8, 4) is 0 Å². The minimum absolute atomic E-state index is 0. The third kappa shape index (κ3) is 3.98. The van der Waals surface area contributed by atoms with Gasteiger partial charge in [0.05, 0.1) is 0 Å². The fourth-order valence-corrected chi connectivity index (χ4v) is 12.4. The molecule has 0 saturated heterocycles. The van der Waals surface area contributed by atoms with Gasteiger partial charge in [0.25, 0.3) is 0 Å². The summed E-state index contributed by atoms with van der Waals surface area (Å²) in [5.41, 5.74) is 10.2. The molecule has 7 rings (SSSR count). The van der Waals surface area contributed by atoms with Crippen molar-refractivity contribution in [2.45, 2.75) is 108 Å². The van der Waals surface area contributed by atoms with Crippen LogP contribution in [0.2, 0.25) is 0 Å². The Balaban J connectivity index is 0.00000160. The van der Waals surface area contributed by atoms with Gasteiger partial charge < -0.3 is 24.8 Å². The second-order valence-electron chi connectivity index (χ2n) is 16.8. The van der Waals surface area contributed by atoms with Crippen molar-refractivity contribution in [3.05, 3.63) is 112 Å². The Hall–Kier alpha value is -1.01. The van der Waals surface area contributed by atoms with E-state index < -0.39 is 0 Å². The van der Waals surface area contributed by atoms with Gasteiger partial charge in [-0.05, 0) is 78.9 Å². The SMILES string of the molecule is CC(C)=C1C=C2[CH-]C3(C)C4(C)C=CC=CC4(C)C4(C)C=CC=CC4(C)C3(C)C2(C)C(C)=C1C1=CC(C2CCCCC2)=CC1.[Cl-].[Cl-].[Zr+3]. The van der Waals surface area contributed by atoms with E-state index in [0.29, 0.717) is 0 Å². The quantitative estimate of drug-likeness (QED) is 0.308. The zero-order valence-electron chi connectivity index (χ0n) is 30.0. The minimum atomic E-state index is -0.116. The summed E-state index contributed by atoms with van der Waals surface area (Å²) in [6, 6.07) is 0. The van der Waals surface area contributed by atoms with E-state index in [1.165, 1.54) is 48.8 Å². The number of allylic oxidation sites excluding steroid dienone is 18. The molecule has 7 aliphatic carbocycles. The molecule has 0 heterocycles. The van der Waals surface area contributed by atoms with E-state index in [1.807, 2.05) is 0 Å². The van der Waals surface area contributed by atoms with Crippen LogP contribution in [0.15, 0.2) is 106 Å². The predicted molar refractivity (Wildman–Crippen MR) is 184 cm³/mol. The largest absolute Gasteiger partial charge is 3.00 e. The Morgan fingerprint density at radius 1 is 0.717 bits per heavy atom. The smallest absolute Gasteiger partial charge is 1.00 e. The number of hydrogen-bond donors (Lipinski definition) is 0. The summed E-state index contributed by atoms with van der Waals surface area (Å²) in [5.74, 6) is 0.758. The summed E-state index contributed by atoms with van der Waals surface area (Å²) in [6.45, 7) is 25.5. The fourth-order valence-electron chi connectivity index (χ4n) is 12.4. The minimum Gasteiger partial charge on any atom is -1.00 e. The van der Waals surface area contributed by atoms with Gasteiger partial charge in [-0.25, -0.2) is 12.0 Å². The molecule has 7 unspecified atom stereocenters. The number of rotatable bonds is 2. The zero-order chi connectivity index (χ0) is 30.8. The Morgan fingerprint density at radius 3 is 1.80 bits per heavy atom. The molecule has 0 aromatic carbocycles. The first-order valence-electron chi connectivity index (χ1n) is 17.3. The summed E-state index contributed by atoms with van der Waals surface area (Å²) in [7, 11) is 0. The topological polar surface area (TPSA) is 0 Å². The van der Waals surface area contributed by atoms with Gasteiger partial charge in [-0.3, -0.25) is 0 Å². The Bertz CT molecular complexity index is 1580. The second kappa shape index (κ2) is 11.8. The van der Waals surface area contributed by atoms with Crippen LogP contribution in [0, 0.1) is 50.2 Å². The van der Waals surface area contributed by atoms with Crippen LogP contribution in [0.25, 0.3) is 0 Å². The van der Waals surface area contributed by atoms with Gasteiger partial charge in [0, 0.05) is 16.2 Å². The number of hydrogen-bond acceptors (Lipinski definition) is 0. The van der Waals surface area contributed by atoms with E-state index in [1.54, 1.807) is 22.3 Å². The maximum atomic E-state index is 2.77. The third-order valence-corrected chi connectivity index (χ3v) is 15.9. The molecule has 3 saturated carbocycles. The average molecular weight is 734 g/mol. The second-order valence-corrected chi connectivity index (χ2v) is 16.8. The van der Waals surface area contributed by atoms with Crippen molar-refractivity contribution < 1.29 is 51.0 Å². The van der Waals surface area contributed by atoms with Crippen molar-refractivity contribution in [1.82, 2.24) is 0 Å². The summed E-state index contributed by atoms with van der Waals surface area (Å²) in [5, 5.41) is 0. The molecule has 0 aromatic rings. The molecule has 0 amide bonds. The van der Waals surface area contributed by atoms with E-state index in [-0.39, 0.29) is 88.9 Å². The van der Waals surface area contributed by atoms with Crippen LogP contribution in [0.4, 0.5) is 0 Å². The van der Waals surface area contributed by atoms with E-state index in [9.17, 15) is 0 Å². The van der Waals surface area contributed by atoms with Crippen LogP contribution in [0.3, 0.4) is 0 Å². The van der Waals surface area contributed by atoms with Gasteiger partial charge >= 0.3 is 26.2 Å². The molecule has 7 atom stereocenters. The Morgan fingerprint density at radius 2 is 1.24 bits per heavy atom. The zero-order valence-corrected chi connectivity index (χ0v) is 34.0. The van der Waals surface area contributed by atoms with Crippen LogP contribution >= 0.6 is 0 Å². The van der Waals surface area contributed by atoms with Crippen molar-refractivity contribution in [2.24, 2.45) is 43.8 Å². The van der Waals surface area contributed by atoms with Gasteiger partial charge in [-0.2, -0.15) is 6.08 Å². The molecule has 46 heavy (non-hydrogen) atoms. The third-order valence-electron chi connectivity index (χ3n) is 15.9. The van der Waals surface area contributed by atoms with Gasteiger partial charge in [0.1, 0.15) is 0 Å². The van der Waals surface area contributed by atoms with Crippen molar-refractivity contribution in [3.63, 3.8) is 0 Å². The molecule has 0 nitrogen and oxygen atoms in total. The van der Waals surface area contributed by atoms with Gasteiger partial charge in [-0.1, -0.05) is 145 Å². The van der Waals surface area contributed by atoms with Crippen molar-refractivity contribution in [1.29, 1.82) is 0 Å². The maximum absolute atomic E-state index is 2.77. The summed E-state index contributed by atoms with van der Waals surface area (Å²) in [6.07, 6.45) is 38.3. The molecule has 0 bridgehead atoms. The molecule has 1 radical (unpaired) electrons. The molecular weight excluding hydrogens is 679 g/mol. The van der Waals surface area contributed by atoms with E-state index in [4.69, 9.17) is 0 Å². The molecule has 0 spiro atoms. The van der Waals surface area contributed by atoms with Crippen molar-refractivity contribution >= 4 is 0 Å².